The van der Waals surface area contributed by atoms with Gasteiger partial charge in [-0.25, -0.2) is 13.6 Å². The van der Waals surface area contributed by atoms with Crippen LogP contribution in [0.2, 0.25) is 5.02 Å². The fraction of sp³-hybridized carbons (Fsp3) is 0.167. The van der Waals surface area contributed by atoms with Gasteiger partial charge in [0.2, 0.25) is 0 Å². The van der Waals surface area contributed by atoms with E-state index >= 15 is 0 Å². The summed E-state index contributed by atoms with van der Waals surface area (Å²) in [6.45, 7) is 0. The molecule has 2 aromatic rings. The summed E-state index contributed by atoms with van der Waals surface area (Å²) in [6, 6.07) is 2.83. The van der Waals surface area contributed by atoms with Crippen molar-refractivity contribution in [3.8, 4) is 0 Å². The van der Waals surface area contributed by atoms with Gasteiger partial charge in [0.05, 0.1) is 11.2 Å². The summed E-state index contributed by atoms with van der Waals surface area (Å²) in [5, 5.41) is 4.47. The van der Waals surface area contributed by atoms with Crippen LogP contribution in [-0.2, 0) is 0 Å². The highest BCUT2D eigenvalue weighted by Crippen LogP contribution is 2.33. The first-order chi connectivity index (χ1) is 9.38. The predicted octanol–water partition coefficient (Wildman–Crippen LogP) is 3.50. The molecule has 0 radical (unpaired) electrons. The van der Waals surface area contributed by atoms with Crippen LogP contribution in [-0.4, -0.2) is 34.8 Å². The smallest absolute Gasteiger partial charge is 0.329 e. The van der Waals surface area contributed by atoms with E-state index in [0.29, 0.717) is 0 Å². The number of hydrogen-bond donors (Lipinski definition) is 0. The lowest BCUT2D eigenvalue weighted by Crippen LogP contribution is -2.27. The molecule has 1 heterocycles. The van der Waals surface area contributed by atoms with Crippen LogP contribution in [0, 0.1) is 11.6 Å². The molecule has 0 spiro atoms. The van der Waals surface area contributed by atoms with E-state index in [1.165, 1.54) is 17.2 Å². The summed E-state index contributed by atoms with van der Waals surface area (Å²) in [4.78, 5) is 13.2. The van der Waals surface area contributed by atoms with Gasteiger partial charge in [-0.2, -0.15) is 9.78 Å². The Bertz CT molecular complexity index is 660. The summed E-state index contributed by atoms with van der Waals surface area (Å²) in [7, 11) is 3.15. The Morgan fingerprint density at radius 1 is 1.40 bits per heavy atom. The van der Waals surface area contributed by atoms with Crippen LogP contribution in [0.3, 0.4) is 0 Å². The van der Waals surface area contributed by atoms with Crippen molar-refractivity contribution < 1.29 is 13.6 Å². The SMILES string of the molecule is CN(C)C(=O)n1cc(Cl)c(Sc2ccc(F)cc2F)n1. The van der Waals surface area contributed by atoms with Gasteiger partial charge in [0, 0.05) is 25.1 Å². The molecule has 0 aliphatic rings. The lowest BCUT2D eigenvalue weighted by atomic mass is 10.3. The minimum atomic E-state index is -0.709. The Labute approximate surface area is 123 Å². The third kappa shape index (κ3) is 3.10. The molecule has 0 saturated heterocycles. The molecule has 1 aromatic carbocycles. The minimum Gasteiger partial charge on any atom is -0.329 e. The van der Waals surface area contributed by atoms with Crippen LogP contribution >= 0.6 is 23.4 Å². The Morgan fingerprint density at radius 2 is 2.10 bits per heavy atom. The lowest BCUT2D eigenvalue weighted by molar-refractivity contribution is 0.215. The third-order valence-corrected chi connectivity index (χ3v) is 3.75. The third-order valence-electron chi connectivity index (χ3n) is 2.32. The molecule has 106 valence electrons. The molecule has 1 aromatic heterocycles. The van der Waals surface area contributed by atoms with E-state index in [1.54, 1.807) is 14.1 Å². The highest BCUT2D eigenvalue weighted by molar-refractivity contribution is 7.99. The van der Waals surface area contributed by atoms with Crippen molar-refractivity contribution in [3.63, 3.8) is 0 Å². The summed E-state index contributed by atoms with van der Waals surface area (Å²) in [6.07, 6.45) is 1.34. The summed E-state index contributed by atoms with van der Waals surface area (Å²) in [5.74, 6) is -1.37. The van der Waals surface area contributed by atoms with Crippen LogP contribution < -0.4 is 0 Å². The van der Waals surface area contributed by atoms with Crippen LogP contribution in [0.15, 0.2) is 34.3 Å². The van der Waals surface area contributed by atoms with E-state index < -0.39 is 11.6 Å². The molecule has 2 rings (SSSR count). The molecule has 0 aliphatic carbocycles. The fourth-order valence-electron chi connectivity index (χ4n) is 1.37. The molecule has 0 saturated carbocycles. The van der Waals surface area contributed by atoms with Crippen LogP contribution in [0.25, 0.3) is 0 Å². The quantitative estimate of drug-likeness (QED) is 0.851. The molecule has 0 atom stereocenters. The molecule has 8 heteroatoms. The topological polar surface area (TPSA) is 38.1 Å². The van der Waals surface area contributed by atoms with Gasteiger partial charge in [0.15, 0.2) is 0 Å². The number of carbonyl (C=O) groups is 1. The number of hydrogen-bond acceptors (Lipinski definition) is 3. The van der Waals surface area contributed by atoms with Gasteiger partial charge in [-0.05, 0) is 12.1 Å². The van der Waals surface area contributed by atoms with Crippen molar-refractivity contribution in [3.05, 3.63) is 41.1 Å². The molecule has 0 aliphatic heterocycles. The molecule has 4 nitrogen and oxygen atoms in total. The Hall–Kier alpha value is -1.60. The van der Waals surface area contributed by atoms with Crippen molar-refractivity contribution in [2.45, 2.75) is 9.92 Å². The first kappa shape index (κ1) is 14.8. The average molecular weight is 318 g/mol. The second-order valence-electron chi connectivity index (χ2n) is 4.08. The van der Waals surface area contributed by atoms with E-state index in [2.05, 4.69) is 5.10 Å². The second kappa shape index (κ2) is 5.80. The zero-order valence-electron chi connectivity index (χ0n) is 10.6. The largest absolute Gasteiger partial charge is 0.344 e. The Morgan fingerprint density at radius 3 is 2.70 bits per heavy atom. The van der Waals surface area contributed by atoms with Gasteiger partial charge < -0.3 is 4.90 Å². The normalized spacial score (nSPS) is 10.7. The molecule has 20 heavy (non-hydrogen) atoms. The summed E-state index contributed by atoms with van der Waals surface area (Å²) >= 11 is 6.88. The number of aromatic nitrogens is 2. The minimum absolute atomic E-state index is 0.177. The maximum Gasteiger partial charge on any atom is 0.344 e. The van der Waals surface area contributed by atoms with Gasteiger partial charge >= 0.3 is 6.03 Å². The van der Waals surface area contributed by atoms with Crippen molar-refractivity contribution in [1.82, 2.24) is 14.7 Å². The van der Waals surface area contributed by atoms with Gasteiger partial charge in [-0.1, -0.05) is 23.4 Å². The van der Waals surface area contributed by atoms with Gasteiger partial charge in [0.1, 0.15) is 16.7 Å². The van der Waals surface area contributed by atoms with Crippen LogP contribution in [0.5, 0.6) is 0 Å². The summed E-state index contributed by atoms with van der Waals surface area (Å²) in [5.41, 5.74) is 0. The number of carbonyl (C=O) groups excluding carboxylic acids is 1. The number of amides is 1. The highest BCUT2D eigenvalue weighted by Gasteiger charge is 2.16. The predicted molar refractivity (Wildman–Crippen MR) is 72.2 cm³/mol. The van der Waals surface area contributed by atoms with E-state index in [4.69, 9.17) is 11.6 Å². The zero-order chi connectivity index (χ0) is 14.9. The maximum absolute atomic E-state index is 13.5. The number of halogens is 3. The number of benzene rings is 1. The highest BCUT2D eigenvalue weighted by atomic mass is 35.5. The fourth-order valence-corrected chi connectivity index (χ4v) is 2.40. The van der Waals surface area contributed by atoms with Crippen molar-refractivity contribution >= 4 is 29.4 Å². The van der Waals surface area contributed by atoms with Crippen molar-refractivity contribution in [2.75, 3.05) is 14.1 Å². The molecular formula is C12H10ClF2N3OS. The van der Waals surface area contributed by atoms with E-state index in [0.717, 1.165) is 28.6 Å². The molecule has 1 amide bonds. The number of rotatable bonds is 2. The van der Waals surface area contributed by atoms with E-state index in [1.807, 2.05) is 0 Å². The number of nitrogens with zero attached hydrogens (tertiary/aromatic N) is 3. The monoisotopic (exact) mass is 317 g/mol. The Kier molecular flexibility index (Phi) is 4.29. The average Bonchev–Trinajstić information content (AvgIpc) is 2.73. The van der Waals surface area contributed by atoms with Crippen LogP contribution in [0.4, 0.5) is 13.6 Å². The van der Waals surface area contributed by atoms with Gasteiger partial charge in [-0.15, -0.1) is 0 Å². The molecule has 0 bridgehead atoms. The second-order valence-corrected chi connectivity index (χ2v) is 5.52. The Balaban J connectivity index is 2.28. The molecule has 0 fully saturated rings. The first-order valence-corrected chi connectivity index (χ1v) is 6.67. The van der Waals surface area contributed by atoms with Crippen LogP contribution in [0.1, 0.15) is 0 Å². The van der Waals surface area contributed by atoms with E-state index in [-0.39, 0.29) is 21.0 Å². The molecule has 0 unspecified atom stereocenters. The maximum atomic E-state index is 13.5. The van der Waals surface area contributed by atoms with Crippen molar-refractivity contribution in [2.24, 2.45) is 0 Å². The van der Waals surface area contributed by atoms with Crippen molar-refractivity contribution in [1.29, 1.82) is 0 Å². The standard InChI is InChI=1S/C12H10ClF2N3OS/c1-17(2)12(19)18-6-8(13)11(16-18)20-10-4-3-7(14)5-9(10)15/h3-6H,1-2H3. The molecule has 0 N–H and O–H groups in total. The summed E-state index contributed by atoms with van der Waals surface area (Å²) < 4.78 is 27.4. The lowest BCUT2D eigenvalue weighted by Gasteiger charge is -2.08. The first-order valence-electron chi connectivity index (χ1n) is 5.48. The van der Waals surface area contributed by atoms with Gasteiger partial charge in [0.25, 0.3) is 0 Å². The van der Waals surface area contributed by atoms with E-state index in [9.17, 15) is 13.6 Å². The molecular weight excluding hydrogens is 308 g/mol. The van der Waals surface area contributed by atoms with Gasteiger partial charge in [-0.3, -0.25) is 0 Å². The zero-order valence-corrected chi connectivity index (χ0v) is 12.2.